The minimum absolute atomic E-state index is 0.329. The molecule has 3 aromatic rings. The summed E-state index contributed by atoms with van der Waals surface area (Å²) in [6, 6.07) is 9.39. The number of benzene rings is 1. The van der Waals surface area contributed by atoms with Crippen LogP contribution in [0, 0.1) is 6.92 Å². The average molecular weight is 257 g/mol. The Morgan fingerprint density at radius 2 is 2.06 bits per heavy atom. The van der Waals surface area contributed by atoms with Gasteiger partial charge in [-0.15, -0.1) is 11.3 Å². The second-order valence-electron chi connectivity index (χ2n) is 4.23. The van der Waals surface area contributed by atoms with Crippen LogP contribution >= 0.6 is 11.3 Å². The number of hydrogen-bond donors (Lipinski definition) is 1. The second kappa shape index (κ2) is 3.99. The summed E-state index contributed by atoms with van der Waals surface area (Å²) in [5.74, 6) is 0. The molecule has 0 atom stereocenters. The molecule has 1 aromatic carbocycles. The third-order valence-electron chi connectivity index (χ3n) is 2.82. The van der Waals surface area contributed by atoms with Gasteiger partial charge in [0.2, 0.25) is 0 Å². The lowest BCUT2D eigenvalue weighted by Crippen LogP contribution is -2.01. The van der Waals surface area contributed by atoms with Gasteiger partial charge in [0.1, 0.15) is 5.58 Å². The molecule has 90 valence electrons. The molecule has 2 heterocycles. The minimum Gasteiger partial charge on any atom is -0.422 e. The summed E-state index contributed by atoms with van der Waals surface area (Å²) in [4.78, 5) is 11.9. The zero-order valence-electron chi connectivity index (χ0n) is 9.77. The van der Waals surface area contributed by atoms with Crippen molar-refractivity contribution < 1.29 is 4.42 Å². The van der Waals surface area contributed by atoms with Gasteiger partial charge in [0.05, 0.1) is 10.6 Å². The van der Waals surface area contributed by atoms with E-state index in [9.17, 15) is 4.79 Å². The first-order chi connectivity index (χ1) is 8.63. The van der Waals surface area contributed by atoms with Crippen LogP contribution < -0.4 is 11.4 Å². The van der Waals surface area contributed by atoms with Gasteiger partial charge in [0, 0.05) is 16.3 Å². The highest BCUT2D eigenvalue weighted by molar-refractivity contribution is 7.14. The van der Waals surface area contributed by atoms with Crippen molar-refractivity contribution in [2.75, 3.05) is 5.73 Å². The molecule has 0 aliphatic heterocycles. The SMILES string of the molecule is Cc1ccc2oc(=O)c(-c3csc(N)c3)cc2c1. The molecule has 0 radical (unpaired) electrons. The Morgan fingerprint density at radius 3 is 2.78 bits per heavy atom. The number of rotatable bonds is 1. The van der Waals surface area contributed by atoms with E-state index in [0.29, 0.717) is 16.1 Å². The highest BCUT2D eigenvalue weighted by Gasteiger charge is 2.09. The summed E-state index contributed by atoms with van der Waals surface area (Å²) in [5, 5.41) is 3.48. The Bertz CT molecular complexity index is 786. The topological polar surface area (TPSA) is 56.2 Å². The van der Waals surface area contributed by atoms with Gasteiger partial charge in [-0.1, -0.05) is 11.6 Å². The largest absolute Gasteiger partial charge is 0.422 e. The van der Waals surface area contributed by atoms with Crippen molar-refractivity contribution >= 4 is 27.3 Å². The predicted octanol–water partition coefficient (Wildman–Crippen LogP) is 3.41. The van der Waals surface area contributed by atoms with Crippen LogP contribution in [0.1, 0.15) is 5.56 Å². The van der Waals surface area contributed by atoms with Gasteiger partial charge in [0.15, 0.2) is 0 Å². The first-order valence-corrected chi connectivity index (χ1v) is 6.40. The monoisotopic (exact) mass is 257 g/mol. The van der Waals surface area contributed by atoms with Gasteiger partial charge in [-0.25, -0.2) is 4.79 Å². The van der Waals surface area contributed by atoms with Gasteiger partial charge in [-0.2, -0.15) is 0 Å². The Kier molecular flexibility index (Phi) is 2.45. The fraction of sp³-hybridized carbons (Fsp3) is 0.0714. The number of nitrogens with two attached hydrogens (primary N) is 1. The van der Waals surface area contributed by atoms with E-state index in [4.69, 9.17) is 10.2 Å². The lowest BCUT2D eigenvalue weighted by atomic mass is 10.1. The summed E-state index contributed by atoms with van der Waals surface area (Å²) in [7, 11) is 0. The first kappa shape index (κ1) is 11.0. The van der Waals surface area contributed by atoms with Crippen LogP contribution in [0.4, 0.5) is 5.00 Å². The molecule has 0 aliphatic rings. The van der Waals surface area contributed by atoms with Crippen molar-refractivity contribution in [1.29, 1.82) is 0 Å². The van der Waals surface area contributed by atoms with E-state index in [1.54, 1.807) is 6.07 Å². The molecule has 0 amide bonds. The van der Waals surface area contributed by atoms with Crippen LogP contribution in [0.15, 0.2) is 44.9 Å². The third kappa shape index (κ3) is 1.80. The Hall–Kier alpha value is -2.07. The van der Waals surface area contributed by atoms with Crippen molar-refractivity contribution in [3.63, 3.8) is 0 Å². The van der Waals surface area contributed by atoms with Gasteiger partial charge < -0.3 is 10.2 Å². The Morgan fingerprint density at radius 1 is 1.22 bits per heavy atom. The lowest BCUT2D eigenvalue weighted by molar-refractivity contribution is 0.563. The van der Waals surface area contributed by atoms with Gasteiger partial charge in [0.25, 0.3) is 0 Å². The molecule has 2 aromatic heterocycles. The smallest absolute Gasteiger partial charge is 0.344 e. The third-order valence-corrected chi connectivity index (χ3v) is 3.58. The number of fused-ring (bicyclic) bond motifs is 1. The van der Waals surface area contributed by atoms with Crippen molar-refractivity contribution in [2.45, 2.75) is 6.92 Å². The second-order valence-corrected chi connectivity index (χ2v) is 5.17. The van der Waals surface area contributed by atoms with Crippen LogP contribution in [0.2, 0.25) is 0 Å². The molecule has 0 fully saturated rings. The number of aryl methyl sites for hydroxylation is 1. The van der Waals surface area contributed by atoms with E-state index in [0.717, 1.165) is 16.5 Å². The summed E-state index contributed by atoms with van der Waals surface area (Å²) in [6.45, 7) is 2.01. The molecule has 18 heavy (non-hydrogen) atoms. The van der Waals surface area contributed by atoms with E-state index in [-0.39, 0.29) is 5.63 Å². The molecule has 0 spiro atoms. The summed E-state index contributed by atoms with van der Waals surface area (Å²) in [5.41, 5.74) is 8.47. The maximum absolute atomic E-state index is 11.9. The van der Waals surface area contributed by atoms with E-state index in [2.05, 4.69) is 0 Å². The van der Waals surface area contributed by atoms with Crippen molar-refractivity contribution in [3.8, 4) is 11.1 Å². The lowest BCUT2D eigenvalue weighted by Gasteiger charge is -2.01. The quantitative estimate of drug-likeness (QED) is 0.680. The minimum atomic E-state index is -0.329. The normalized spacial score (nSPS) is 10.9. The zero-order chi connectivity index (χ0) is 12.7. The van der Waals surface area contributed by atoms with Gasteiger partial charge >= 0.3 is 5.63 Å². The van der Waals surface area contributed by atoms with E-state index in [1.165, 1.54) is 11.3 Å². The van der Waals surface area contributed by atoms with E-state index in [1.807, 2.05) is 36.6 Å². The van der Waals surface area contributed by atoms with Crippen LogP contribution in [0.3, 0.4) is 0 Å². The first-order valence-electron chi connectivity index (χ1n) is 5.52. The molecule has 0 bridgehead atoms. The maximum atomic E-state index is 11.9. The van der Waals surface area contributed by atoms with E-state index < -0.39 is 0 Å². The van der Waals surface area contributed by atoms with Gasteiger partial charge in [-0.3, -0.25) is 0 Å². The van der Waals surface area contributed by atoms with Crippen molar-refractivity contribution in [1.82, 2.24) is 0 Å². The average Bonchev–Trinajstić information content (AvgIpc) is 2.75. The predicted molar refractivity (Wildman–Crippen MR) is 74.9 cm³/mol. The van der Waals surface area contributed by atoms with Crippen LogP contribution in [0.25, 0.3) is 22.1 Å². The molecule has 0 aliphatic carbocycles. The fourth-order valence-electron chi connectivity index (χ4n) is 1.94. The summed E-state index contributed by atoms with van der Waals surface area (Å²) < 4.78 is 5.32. The molecule has 4 heteroatoms. The maximum Gasteiger partial charge on any atom is 0.344 e. The summed E-state index contributed by atoms with van der Waals surface area (Å²) in [6.07, 6.45) is 0. The Labute approximate surface area is 107 Å². The molecule has 0 saturated heterocycles. The number of thiophene rings is 1. The molecule has 3 nitrogen and oxygen atoms in total. The van der Waals surface area contributed by atoms with Gasteiger partial charge in [-0.05, 0) is 31.2 Å². The van der Waals surface area contributed by atoms with Crippen molar-refractivity contribution in [3.05, 3.63) is 51.7 Å². The number of nitrogen functional groups attached to an aromatic ring is 1. The summed E-state index contributed by atoms with van der Waals surface area (Å²) >= 11 is 1.41. The fourth-order valence-corrected chi connectivity index (χ4v) is 2.59. The molecular formula is C14H11NO2S. The number of hydrogen-bond acceptors (Lipinski definition) is 4. The van der Waals surface area contributed by atoms with Crippen LogP contribution in [-0.4, -0.2) is 0 Å². The number of anilines is 1. The van der Waals surface area contributed by atoms with Crippen LogP contribution in [0.5, 0.6) is 0 Å². The molecular weight excluding hydrogens is 246 g/mol. The van der Waals surface area contributed by atoms with E-state index >= 15 is 0 Å². The highest BCUT2D eigenvalue weighted by Crippen LogP contribution is 2.27. The van der Waals surface area contributed by atoms with Crippen LogP contribution in [-0.2, 0) is 0 Å². The molecule has 0 saturated carbocycles. The molecule has 0 unspecified atom stereocenters. The molecule has 3 rings (SSSR count). The zero-order valence-corrected chi connectivity index (χ0v) is 10.6. The highest BCUT2D eigenvalue weighted by atomic mass is 32.1. The molecule has 2 N–H and O–H groups in total. The van der Waals surface area contributed by atoms with Crippen molar-refractivity contribution in [2.24, 2.45) is 0 Å². The Balaban J connectivity index is 2.29. The standard InChI is InChI=1S/C14H11NO2S/c1-8-2-3-12-9(4-8)5-11(14(16)17-12)10-6-13(15)18-7-10/h2-7H,15H2,1H3.